The van der Waals surface area contributed by atoms with Crippen LogP contribution in [0.15, 0.2) is 17.5 Å². The van der Waals surface area contributed by atoms with E-state index in [0.29, 0.717) is 0 Å². The molecule has 0 aliphatic rings. The second kappa shape index (κ2) is 5.48. The van der Waals surface area contributed by atoms with Crippen LogP contribution in [-0.4, -0.2) is 11.8 Å². The maximum atomic E-state index is 10.6. The summed E-state index contributed by atoms with van der Waals surface area (Å²) in [7, 11) is 0. The van der Waals surface area contributed by atoms with Gasteiger partial charge in [0.2, 0.25) is 0 Å². The Hall–Kier alpha value is -0.160. The molecule has 1 aromatic rings. The van der Waals surface area contributed by atoms with Crippen molar-refractivity contribution in [2.24, 2.45) is 0 Å². The Labute approximate surface area is 95.7 Å². The van der Waals surface area contributed by atoms with Gasteiger partial charge >= 0.3 is 29.6 Å². The fourth-order valence-electron chi connectivity index (χ4n) is 0.644. The number of rotatable bonds is 3. The standard InChI is InChI=1S/C7H6O3S.Na/c8-6(7(9)10)4-5-2-1-3-11-5;/h1-3H,4H2,(H,9,10);/q;+1/p-1. The Morgan fingerprint density at radius 2 is 2.17 bits per heavy atom. The van der Waals surface area contributed by atoms with Gasteiger partial charge in [-0.1, -0.05) is 6.07 Å². The third kappa shape index (κ3) is 3.49. The number of hydrogen-bond acceptors (Lipinski definition) is 4. The fourth-order valence-corrected chi connectivity index (χ4v) is 1.35. The van der Waals surface area contributed by atoms with E-state index in [-0.39, 0.29) is 36.0 Å². The molecule has 0 bridgehead atoms. The zero-order chi connectivity index (χ0) is 8.27. The molecule has 0 fully saturated rings. The Bertz CT molecular complexity index is 268. The minimum atomic E-state index is -1.61. The molecule has 0 saturated heterocycles. The Morgan fingerprint density at radius 1 is 1.50 bits per heavy atom. The predicted octanol–water partition coefficient (Wildman–Crippen LogP) is -3.39. The molecular weight excluding hydrogens is 187 g/mol. The first-order valence-electron chi connectivity index (χ1n) is 2.96. The molecule has 0 aliphatic heterocycles. The summed E-state index contributed by atoms with van der Waals surface area (Å²) in [5, 5.41) is 11.8. The van der Waals surface area contributed by atoms with Crippen LogP contribution in [-0.2, 0) is 16.0 Å². The molecule has 1 aromatic heterocycles. The summed E-state index contributed by atoms with van der Waals surface area (Å²) < 4.78 is 0. The second-order valence-corrected chi connectivity index (χ2v) is 3.00. The Morgan fingerprint density at radius 3 is 2.58 bits per heavy atom. The average molecular weight is 192 g/mol. The molecule has 0 aliphatic carbocycles. The van der Waals surface area contributed by atoms with Gasteiger partial charge in [0.05, 0.1) is 0 Å². The monoisotopic (exact) mass is 192 g/mol. The van der Waals surface area contributed by atoms with Gasteiger partial charge in [0.25, 0.3) is 0 Å². The number of carboxylic acid groups (broad SMARTS) is 1. The Kier molecular flexibility index (Phi) is 5.41. The third-order valence-corrected chi connectivity index (χ3v) is 2.02. The van der Waals surface area contributed by atoms with Gasteiger partial charge in [-0.25, -0.2) is 0 Å². The van der Waals surface area contributed by atoms with Crippen LogP contribution in [0.25, 0.3) is 0 Å². The zero-order valence-corrected chi connectivity index (χ0v) is 9.39. The van der Waals surface area contributed by atoms with Crippen molar-refractivity contribution in [2.45, 2.75) is 6.42 Å². The first-order valence-corrected chi connectivity index (χ1v) is 3.84. The molecule has 1 heterocycles. The number of carbonyl (C=O) groups excluding carboxylic acids is 2. The van der Waals surface area contributed by atoms with Crippen molar-refractivity contribution in [3.05, 3.63) is 22.4 Å². The molecule has 0 N–H and O–H groups in total. The smallest absolute Gasteiger partial charge is 0.542 e. The van der Waals surface area contributed by atoms with Gasteiger partial charge < -0.3 is 9.90 Å². The van der Waals surface area contributed by atoms with Gasteiger partial charge in [0.15, 0.2) is 5.78 Å². The van der Waals surface area contributed by atoms with Gasteiger partial charge in [0, 0.05) is 11.3 Å². The van der Waals surface area contributed by atoms with E-state index in [2.05, 4.69) is 0 Å². The van der Waals surface area contributed by atoms with Crippen LogP contribution in [0.2, 0.25) is 0 Å². The molecule has 0 atom stereocenters. The van der Waals surface area contributed by atoms with Crippen LogP contribution >= 0.6 is 11.3 Å². The van der Waals surface area contributed by atoms with E-state index in [4.69, 9.17) is 0 Å². The van der Waals surface area contributed by atoms with Crippen LogP contribution in [0, 0.1) is 0 Å². The van der Waals surface area contributed by atoms with Gasteiger partial charge in [-0.15, -0.1) is 11.3 Å². The topological polar surface area (TPSA) is 57.2 Å². The summed E-state index contributed by atoms with van der Waals surface area (Å²) in [5.41, 5.74) is 0. The van der Waals surface area contributed by atoms with E-state index >= 15 is 0 Å². The SMILES string of the molecule is O=C([O-])C(=O)Cc1cccs1.[Na+]. The number of ketones is 1. The van der Waals surface area contributed by atoms with Crippen LogP contribution < -0.4 is 34.7 Å². The van der Waals surface area contributed by atoms with E-state index < -0.39 is 11.8 Å². The minimum absolute atomic E-state index is 0. The van der Waals surface area contributed by atoms with Gasteiger partial charge in [-0.05, 0) is 11.4 Å². The fraction of sp³-hybridized carbons (Fsp3) is 0.143. The zero-order valence-electron chi connectivity index (χ0n) is 6.57. The number of Topliss-reactive ketones (excluding diaryl/α,β-unsaturated/α-hetero) is 1. The Balaban J connectivity index is 0.00000121. The summed E-state index contributed by atoms with van der Waals surface area (Å²) in [4.78, 5) is 21.3. The van der Waals surface area contributed by atoms with E-state index in [1.54, 1.807) is 17.5 Å². The summed E-state index contributed by atoms with van der Waals surface area (Å²) in [6.07, 6.45) is -0.0556. The van der Waals surface area contributed by atoms with Crippen molar-refractivity contribution in [1.82, 2.24) is 0 Å². The van der Waals surface area contributed by atoms with E-state index in [9.17, 15) is 14.7 Å². The van der Waals surface area contributed by atoms with E-state index in [1.807, 2.05) is 0 Å². The molecule has 12 heavy (non-hydrogen) atoms. The molecule has 58 valence electrons. The summed E-state index contributed by atoms with van der Waals surface area (Å²) >= 11 is 1.36. The molecule has 0 aromatic carbocycles. The average Bonchev–Trinajstić information content (AvgIpc) is 2.39. The molecular formula is C7H5NaO3S. The van der Waals surface area contributed by atoms with Gasteiger partial charge in [-0.3, -0.25) is 4.79 Å². The van der Waals surface area contributed by atoms with Crippen molar-refractivity contribution in [2.75, 3.05) is 0 Å². The minimum Gasteiger partial charge on any atom is -0.542 e. The molecule has 5 heteroatoms. The maximum Gasteiger partial charge on any atom is 1.00 e. The van der Waals surface area contributed by atoms with Gasteiger partial charge in [0.1, 0.15) is 5.97 Å². The summed E-state index contributed by atoms with van der Waals surface area (Å²) in [6.45, 7) is 0. The van der Waals surface area contributed by atoms with Crippen LogP contribution in [0.3, 0.4) is 0 Å². The quantitative estimate of drug-likeness (QED) is 0.371. The summed E-state index contributed by atoms with van der Waals surface area (Å²) in [6, 6.07) is 3.48. The summed E-state index contributed by atoms with van der Waals surface area (Å²) in [5.74, 6) is -2.48. The van der Waals surface area contributed by atoms with E-state index in [1.165, 1.54) is 11.3 Å². The molecule has 0 saturated carbocycles. The number of thiophene rings is 1. The molecule has 0 unspecified atom stereocenters. The van der Waals surface area contributed by atoms with Crippen LogP contribution in [0.1, 0.15) is 4.88 Å². The second-order valence-electron chi connectivity index (χ2n) is 1.97. The molecule has 0 radical (unpaired) electrons. The maximum absolute atomic E-state index is 10.6. The number of carboxylic acids is 1. The van der Waals surface area contributed by atoms with Crippen molar-refractivity contribution < 1.29 is 44.3 Å². The number of aliphatic carboxylic acids is 1. The predicted molar refractivity (Wildman–Crippen MR) is 38.0 cm³/mol. The molecule has 0 amide bonds. The van der Waals surface area contributed by atoms with Gasteiger partial charge in [-0.2, -0.15) is 0 Å². The largest absolute Gasteiger partial charge is 1.00 e. The van der Waals surface area contributed by atoms with Crippen LogP contribution in [0.5, 0.6) is 0 Å². The molecule has 0 spiro atoms. The normalized spacial score (nSPS) is 8.67. The van der Waals surface area contributed by atoms with Crippen molar-refractivity contribution in [3.63, 3.8) is 0 Å². The first-order chi connectivity index (χ1) is 5.20. The third-order valence-electron chi connectivity index (χ3n) is 1.14. The van der Waals surface area contributed by atoms with Crippen molar-refractivity contribution in [1.29, 1.82) is 0 Å². The number of hydrogen-bond donors (Lipinski definition) is 0. The van der Waals surface area contributed by atoms with Crippen molar-refractivity contribution in [3.8, 4) is 0 Å². The molecule has 1 rings (SSSR count). The number of carbonyl (C=O) groups is 2. The molecule has 3 nitrogen and oxygen atoms in total. The van der Waals surface area contributed by atoms with E-state index in [0.717, 1.165) is 4.88 Å². The van der Waals surface area contributed by atoms with Crippen LogP contribution in [0.4, 0.5) is 0 Å². The first kappa shape index (κ1) is 11.8. The van der Waals surface area contributed by atoms with Crippen molar-refractivity contribution >= 4 is 23.1 Å².